The number of hydrogen-bond acceptors (Lipinski definition) is 2. The van der Waals surface area contributed by atoms with Gasteiger partial charge >= 0.3 is 0 Å². The molecule has 2 N–H and O–H groups in total. The zero-order valence-corrected chi connectivity index (χ0v) is 12.8. The second-order valence-corrected chi connectivity index (χ2v) is 5.90. The first-order chi connectivity index (χ1) is 9.95. The van der Waals surface area contributed by atoms with E-state index in [4.69, 9.17) is 0 Å². The van der Waals surface area contributed by atoms with E-state index in [0.29, 0.717) is 30.9 Å². The van der Waals surface area contributed by atoms with E-state index in [2.05, 4.69) is 24.1 Å². The Morgan fingerprint density at radius 2 is 2.05 bits per heavy atom. The minimum Gasteiger partial charge on any atom is -0.356 e. The number of nitrogens with one attached hydrogen (secondary N) is 2. The van der Waals surface area contributed by atoms with Crippen molar-refractivity contribution in [3.05, 3.63) is 45.7 Å². The third-order valence-corrected chi connectivity index (χ3v) is 3.44. The highest BCUT2D eigenvalue weighted by Gasteiger charge is 2.05. The molecule has 1 aromatic heterocycles. The van der Waals surface area contributed by atoms with Gasteiger partial charge in [0, 0.05) is 24.0 Å². The highest BCUT2D eigenvalue weighted by molar-refractivity contribution is 5.80. The first-order valence-corrected chi connectivity index (χ1v) is 7.35. The van der Waals surface area contributed by atoms with Crippen LogP contribution in [0.15, 0.2) is 29.1 Å². The fourth-order valence-electron chi connectivity index (χ4n) is 2.18. The van der Waals surface area contributed by atoms with E-state index in [0.717, 1.165) is 16.5 Å². The van der Waals surface area contributed by atoms with Gasteiger partial charge in [-0.1, -0.05) is 26.0 Å². The molecule has 0 aliphatic carbocycles. The third-order valence-electron chi connectivity index (χ3n) is 3.44. The molecule has 1 aromatic carbocycles. The predicted molar refractivity (Wildman–Crippen MR) is 85.5 cm³/mol. The fourth-order valence-corrected chi connectivity index (χ4v) is 2.18. The van der Waals surface area contributed by atoms with Gasteiger partial charge < -0.3 is 10.3 Å². The molecule has 1 amide bonds. The topological polar surface area (TPSA) is 62.0 Å². The van der Waals surface area contributed by atoms with Crippen LogP contribution in [0.2, 0.25) is 0 Å². The Morgan fingerprint density at radius 1 is 1.29 bits per heavy atom. The van der Waals surface area contributed by atoms with Crippen molar-refractivity contribution in [3.8, 4) is 0 Å². The van der Waals surface area contributed by atoms with E-state index in [1.165, 1.54) is 0 Å². The maximum Gasteiger partial charge on any atom is 0.251 e. The average molecular weight is 286 g/mol. The van der Waals surface area contributed by atoms with Gasteiger partial charge in [0.05, 0.1) is 0 Å². The number of H-pyrrole nitrogens is 1. The van der Waals surface area contributed by atoms with E-state index >= 15 is 0 Å². The standard InChI is InChI=1S/C17H22N2O2/c1-11(2)10-18-16(20)7-5-13-4-6-14-8-12(3)17(21)19-15(14)9-13/h4,6,8-9,11H,5,7,10H2,1-3H3,(H,18,20)(H,19,21). The molecule has 0 aliphatic heterocycles. The van der Waals surface area contributed by atoms with Gasteiger partial charge in [0.15, 0.2) is 0 Å². The molecular weight excluding hydrogens is 264 g/mol. The lowest BCUT2D eigenvalue weighted by Gasteiger charge is -2.08. The van der Waals surface area contributed by atoms with Crippen molar-refractivity contribution < 1.29 is 4.79 Å². The number of aromatic nitrogens is 1. The normalized spacial score (nSPS) is 11.0. The molecule has 21 heavy (non-hydrogen) atoms. The molecular formula is C17H22N2O2. The molecule has 112 valence electrons. The number of carbonyl (C=O) groups is 1. The van der Waals surface area contributed by atoms with Crippen LogP contribution in [-0.4, -0.2) is 17.4 Å². The SMILES string of the molecule is Cc1cc2ccc(CCC(=O)NCC(C)C)cc2[nH]c1=O. The quantitative estimate of drug-likeness (QED) is 0.887. The van der Waals surface area contributed by atoms with Crippen molar-refractivity contribution in [2.24, 2.45) is 5.92 Å². The summed E-state index contributed by atoms with van der Waals surface area (Å²) in [5.74, 6) is 0.532. The zero-order chi connectivity index (χ0) is 15.4. The van der Waals surface area contributed by atoms with E-state index in [9.17, 15) is 9.59 Å². The molecule has 0 unspecified atom stereocenters. The Morgan fingerprint density at radius 3 is 2.76 bits per heavy atom. The van der Waals surface area contributed by atoms with Crippen molar-refractivity contribution >= 4 is 16.8 Å². The van der Waals surface area contributed by atoms with Crippen molar-refractivity contribution in [2.75, 3.05) is 6.54 Å². The molecule has 2 rings (SSSR count). The maximum absolute atomic E-state index is 11.7. The third kappa shape index (κ3) is 4.18. The first kappa shape index (κ1) is 15.3. The molecule has 0 aliphatic rings. The number of hydrogen-bond donors (Lipinski definition) is 2. The summed E-state index contributed by atoms with van der Waals surface area (Å²) in [5, 5.41) is 3.92. The summed E-state index contributed by atoms with van der Waals surface area (Å²) in [7, 11) is 0. The van der Waals surface area contributed by atoms with Crippen molar-refractivity contribution in [2.45, 2.75) is 33.6 Å². The van der Waals surface area contributed by atoms with Crippen molar-refractivity contribution in [1.29, 1.82) is 0 Å². The Labute approximate surface area is 124 Å². The van der Waals surface area contributed by atoms with Gasteiger partial charge in [-0.25, -0.2) is 0 Å². The summed E-state index contributed by atoms with van der Waals surface area (Å²) < 4.78 is 0. The molecule has 0 atom stereocenters. The van der Waals surface area contributed by atoms with Crippen LogP contribution < -0.4 is 10.9 Å². The highest BCUT2D eigenvalue weighted by atomic mass is 16.1. The predicted octanol–water partition coefficient (Wildman–Crippen LogP) is 2.54. The number of pyridine rings is 1. The van der Waals surface area contributed by atoms with Crippen LogP contribution in [0.1, 0.15) is 31.4 Å². The van der Waals surface area contributed by atoms with Gasteiger partial charge in [0.25, 0.3) is 5.56 Å². The van der Waals surface area contributed by atoms with Crippen LogP contribution in [0.25, 0.3) is 10.9 Å². The number of rotatable bonds is 5. The van der Waals surface area contributed by atoms with Gasteiger partial charge in [0.2, 0.25) is 5.91 Å². The minimum atomic E-state index is -0.0608. The van der Waals surface area contributed by atoms with E-state index < -0.39 is 0 Å². The highest BCUT2D eigenvalue weighted by Crippen LogP contribution is 2.14. The first-order valence-electron chi connectivity index (χ1n) is 7.35. The molecule has 0 saturated heterocycles. The zero-order valence-electron chi connectivity index (χ0n) is 12.8. The Hall–Kier alpha value is -2.10. The lowest BCUT2D eigenvalue weighted by Crippen LogP contribution is -2.27. The Kier molecular flexibility index (Phi) is 4.78. The summed E-state index contributed by atoms with van der Waals surface area (Å²) in [6.07, 6.45) is 1.14. The molecule has 4 nitrogen and oxygen atoms in total. The summed E-state index contributed by atoms with van der Waals surface area (Å²) in [4.78, 5) is 26.2. The van der Waals surface area contributed by atoms with Crippen LogP contribution in [-0.2, 0) is 11.2 Å². The number of amides is 1. The largest absolute Gasteiger partial charge is 0.356 e. The summed E-state index contributed by atoms with van der Waals surface area (Å²) in [5.41, 5.74) is 2.53. The second kappa shape index (κ2) is 6.57. The monoisotopic (exact) mass is 286 g/mol. The second-order valence-electron chi connectivity index (χ2n) is 5.90. The number of aryl methyl sites for hydroxylation is 2. The molecule has 1 heterocycles. The van der Waals surface area contributed by atoms with Crippen molar-refractivity contribution in [1.82, 2.24) is 10.3 Å². The van der Waals surface area contributed by atoms with Crippen LogP contribution in [0.4, 0.5) is 0 Å². The molecule has 0 spiro atoms. The Balaban J connectivity index is 2.04. The molecule has 0 saturated carbocycles. The number of aromatic amines is 1. The van der Waals surface area contributed by atoms with Crippen LogP contribution in [0.5, 0.6) is 0 Å². The van der Waals surface area contributed by atoms with Gasteiger partial charge in [-0.3, -0.25) is 9.59 Å². The number of fused-ring (bicyclic) bond motifs is 1. The summed E-state index contributed by atoms with van der Waals surface area (Å²) in [6.45, 7) is 6.65. The van der Waals surface area contributed by atoms with E-state index in [-0.39, 0.29) is 11.5 Å². The van der Waals surface area contributed by atoms with Crippen LogP contribution in [0.3, 0.4) is 0 Å². The van der Waals surface area contributed by atoms with Crippen LogP contribution in [0, 0.1) is 12.8 Å². The van der Waals surface area contributed by atoms with E-state index in [1.807, 2.05) is 24.3 Å². The van der Waals surface area contributed by atoms with Crippen molar-refractivity contribution in [3.63, 3.8) is 0 Å². The average Bonchev–Trinajstić information content (AvgIpc) is 2.44. The molecule has 2 aromatic rings. The molecule has 0 bridgehead atoms. The summed E-state index contributed by atoms with van der Waals surface area (Å²) >= 11 is 0. The van der Waals surface area contributed by atoms with Gasteiger partial charge in [-0.05, 0) is 42.3 Å². The van der Waals surface area contributed by atoms with Crippen LogP contribution >= 0.6 is 0 Å². The lowest BCUT2D eigenvalue weighted by atomic mass is 10.1. The lowest BCUT2D eigenvalue weighted by molar-refractivity contribution is -0.121. The smallest absolute Gasteiger partial charge is 0.251 e. The van der Waals surface area contributed by atoms with Gasteiger partial charge in [-0.2, -0.15) is 0 Å². The molecule has 0 radical (unpaired) electrons. The van der Waals surface area contributed by atoms with E-state index in [1.54, 1.807) is 6.92 Å². The van der Waals surface area contributed by atoms with Gasteiger partial charge in [0.1, 0.15) is 0 Å². The fraction of sp³-hybridized carbons (Fsp3) is 0.412. The number of carbonyl (C=O) groups excluding carboxylic acids is 1. The number of benzene rings is 1. The maximum atomic E-state index is 11.7. The summed E-state index contributed by atoms with van der Waals surface area (Å²) in [6, 6.07) is 7.83. The molecule has 0 fully saturated rings. The minimum absolute atomic E-state index is 0.0608. The Bertz CT molecular complexity index is 701. The molecule has 4 heteroatoms. The van der Waals surface area contributed by atoms with Gasteiger partial charge in [-0.15, -0.1) is 0 Å².